The molecule has 0 spiro atoms. The maximum atomic E-state index is 13.1. The molecule has 63 heavy (non-hydrogen) atoms. The summed E-state index contributed by atoms with van der Waals surface area (Å²) >= 11 is 0. The number of unbranched alkanes of at least 4 members (excludes halogenated alkanes) is 14. The number of aliphatic hydroxyl groups is 8. The van der Waals surface area contributed by atoms with E-state index in [-0.39, 0.29) is 18.9 Å². The number of carbonyl (C=O) groups excluding carboxylic acids is 1. The molecule has 0 saturated carbocycles. The Kier molecular flexibility index (Phi) is 32.4. The summed E-state index contributed by atoms with van der Waals surface area (Å²) in [4.78, 5) is 13.1. The van der Waals surface area contributed by atoms with E-state index in [0.717, 1.165) is 89.9 Å². The van der Waals surface area contributed by atoms with E-state index in [1.807, 2.05) is 6.08 Å². The van der Waals surface area contributed by atoms with Gasteiger partial charge in [-0.2, -0.15) is 0 Å². The first-order chi connectivity index (χ1) is 30.6. The minimum atomic E-state index is -1.79. The molecule has 0 aromatic rings. The zero-order chi connectivity index (χ0) is 46.1. The quantitative estimate of drug-likeness (QED) is 0.0284. The highest BCUT2D eigenvalue weighted by Crippen LogP contribution is 2.30. The summed E-state index contributed by atoms with van der Waals surface area (Å²) in [5.74, 6) is -0.259. The lowest BCUT2D eigenvalue weighted by atomic mass is 9.97. The van der Waals surface area contributed by atoms with Gasteiger partial charge in [0.2, 0.25) is 5.91 Å². The third-order valence-corrected chi connectivity index (χ3v) is 11.5. The molecule has 0 aliphatic carbocycles. The minimum Gasteiger partial charge on any atom is -0.394 e. The predicted octanol–water partition coefficient (Wildman–Crippen LogP) is 5.49. The van der Waals surface area contributed by atoms with Gasteiger partial charge < -0.3 is 65.1 Å². The first-order valence-electron chi connectivity index (χ1n) is 24.0. The van der Waals surface area contributed by atoms with Crippen LogP contribution in [0.2, 0.25) is 0 Å². The number of aliphatic hydroxyl groups excluding tert-OH is 8. The summed E-state index contributed by atoms with van der Waals surface area (Å²) in [7, 11) is 0. The second-order valence-electron chi connectivity index (χ2n) is 16.9. The molecule has 2 fully saturated rings. The van der Waals surface area contributed by atoms with E-state index in [1.54, 1.807) is 6.08 Å². The molecule has 14 nitrogen and oxygen atoms in total. The van der Waals surface area contributed by atoms with Gasteiger partial charge in [-0.1, -0.05) is 145 Å². The normalized spacial score (nSPS) is 28.0. The van der Waals surface area contributed by atoms with E-state index in [0.29, 0.717) is 6.42 Å². The van der Waals surface area contributed by atoms with Gasteiger partial charge >= 0.3 is 0 Å². The summed E-state index contributed by atoms with van der Waals surface area (Å²) < 4.78 is 22.6. The maximum Gasteiger partial charge on any atom is 0.220 e. The third-order valence-electron chi connectivity index (χ3n) is 11.5. The molecule has 14 heteroatoms. The summed E-state index contributed by atoms with van der Waals surface area (Å²) in [6.07, 6.45) is 25.5. The van der Waals surface area contributed by atoms with Crippen LogP contribution in [0.4, 0.5) is 0 Å². The second kappa shape index (κ2) is 35.9. The Balaban J connectivity index is 1.85. The maximum absolute atomic E-state index is 13.1. The first kappa shape index (κ1) is 56.8. The van der Waals surface area contributed by atoms with E-state index < -0.39 is 86.8 Å². The van der Waals surface area contributed by atoms with Gasteiger partial charge in [0.15, 0.2) is 12.6 Å². The van der Waals surface area contributed by atoms with Crippen LogP contribution in [0.5, 0.6) is 0 Å². The standard InChI is InChI=1S/C49H85NO13/c1-3-5-7-9-11-13-15-16-17-18-19-20-21-22-23-25-27-29-31-33-41(54)50-37(38(53)32-30-28-26-24-14-12-10-8-6-4-2)36-60-48-46(59)44(57)47(40(35-52)62-48)63-49-45(58)43(56)42(55)39(34-51)61-49/h5,7,11,13,16-17,19-20,30,32,37-40,42-49,51-53,55-59H,3-4,6,8-10,12,14-15,18,21-29,31,33-36H2,1-2H3,(H,50,54)/b7-5-,13-11-,17-16-,20-19-,32-30+. The highest BCUT2D eigenvalue weighted by molar-refractivity contribution is 5.76. The molecular weight excluding hydrogens is 811 g/mol. The van der Waals surface area contributed by atoms with Gasteiger partial charge in [-0.25, -0.2) is 0 Å². The summed E-state index contributed by atoms with van der Waals surface area (Å²) in [6.45, 7) is 2.61. The molecule has 0 aromatic carbocycles. The number of carbonyl (C=O) groups is 1. The Bertz CT molecular complexity index is 1290. The number of allylic oxidation sites excluding steroid dienone is 9. The van der Waals surface area contributed by atoms with E-state index in [1.165, 1.54) is 32.1 Å². The summed E-state index contributed by atoms with van der Waals surface area (Å²) in [5.41, 5.74) is 0. The van der Waals surface area contributed by atoms with Crippen LogP contribution in [0.15, 0.2) is 60.8 Å². The zero-order valence-corrected chi connectivity index (χ0v) is 38.3. The highest BCUT2D eigenvalue weighted by Gasteiger charge is 2.51. The van der Waals surface area contributed by atoms with Crippen molar-refractivity contribution in [2.24, 2.45) is 0 Å². The molecule has 0 radical (unpaired) electrons. The fourth-order valence-electron chi connectivity index (χ4n) is 7.51. The number of nitrogens with one attached hydrogen (secondary N) is 1. The van der Waals surface area contributed by atoms with Gasteiger partial charge in [0, 0.05) is 6.42 Å². The van der Waals surface area contributed by atoms with Gasteiger partial charge in [-0.15, -0.1) is 0 Å². The molecule has 364 valence electrons. The molecular formula is C49H85NO13. The minimum absolute atomic E-state index is 0.259. The molecule has 1 amide bonds. The molecule has 2 rings (SSSR count). The van der Waals surface area contributed by atoms with Crippen LogP contribution in [-0.4, -0.2) is 140 Å². The van der Waals surface area contributed by atoms with E-state index in [9.17, 15) is 45.6 Å². The molecule has 9 N–H and O–H groups in total. The van der Waals surface area contributed by atoms with Crippen molar-refractivity contribution < 1.29 is 64.6 Å². The Labute approximate surface area is 377 Å². The molecule has 0 bridgehead atoms. The number of ether oxygens (including phenoxy) is 4. The summed E-state index contributed by atoms with van der Waals surface area (Å²) in [5, 5.41) is 86.5. The summed E-state index contributed by atoms with van der Waals surface area (Å²) in [6, 6.07) is -0.922. The van der Waals surface area contributed by atoms with Crippen molar-refractivity contribution >= 4 is 5.91 Å². The number of hydrogen-bond donors (Lipinski definition) is 9. The van der Waals surface area contributed by atoms with Crippen molar-refractivity contribution in [1.29, 1.82) is 0 Å². The van der Waals surface area contributed by atoms with E-state index >= 15 is 0 Å². The lowest BCUT2D eigenvalue weighted by Gasteiger charge is -2.46. The van der Waals surface area contributed by atoms with Crippen molar-refractivity contribution in [2.45, 2.75) is 222 Å². The SMILES string of the molecule is CC/C=C\C/C=C\C/C=C\C/C=C\CCCCCCCCC(=O)NC(COC1OC(CO)C(OC2OC(CO)C(O)C(O)C2O)C(O)C1O)C(O)/C=C/CCCCCCCCCC. The van der Waals surface area contributed by atoms with Gasteiger partial charge in [0.05, 0.1) is 32.0 Å². The van der Waals surface area contributed by atoms with Crippen molar-refractivity contribution in [3.05, 3.63) is 60.8 Å². The second-order valence-corrected chi connectivity index (χ2v) is 16.9. The number of amides is 1. The van der Waals surface area contributed by atoms with Crippen LogP contribution < -0.4 is 5.32 Å². The van der Waals surface area contributed by atoms with Crippen molar-refractivity contribution in [2.75, 3.05) is 19.8 Å². The number of hydrogen-bond acceptors (Lipinski definition) is 13. The molecule has 2 aliphatic heterocycles. The number of rotatable bonds is 35. The Morgan fingerprint density at radius 1 is 0.587 bits per heavy atom. The molecule has 0 aromatic heterocycles. The third kappa shape index (κ3) is 23.6. The fraction of sp³-hybridized carbons (Fsp3) is 0.776. The van der Waals surface area contributed by atoms with Crippen LogP contribution in [0.3, 0.4) is 0 Å². The Hall–Kier alpha value is -2.31. The average molecular weight is 896 g/mol. The zero-order valence-electron chi connectivity index (χ0n) is 38.3. The molecule has 2 saturated heterocycles. The largest absolute Gasteiger partial charge is 0.394 e. The van der Waals surface area contributed by atoms with Gasteiger partial charge in [0.1, 0.15) is 48.8 Å². The van der Waals surface area contributed by atoms with Crippen LogP contribution in [0, 0.1) is 0 Å². The van der Waals surface area contributed by atoms with Crippen LogP contribution >= 0.6 is 0 Å². The van der Waals surface area contributed by atoms with Crippen molar-refractivity contribution in [3.8, 4) is 0 Å². The Morgan fingerprint density at radius 2 is 1.10 bits per heavy atom. The monoisotopic (exact) mass is 896 g/mol. The molecule has 2 heterocycles. The van der Waals surface area contributed by atoms with Gasteiger partial charge in [0.25, 0.3) is 0 Å². The highest BCUT2D eigenvalue weighted by atomic mass is 16.7. The predicted molar refractivity (Wildman–Crippen MR) is 244 cm³/mol. The average Bonchev–Trinajstić information content (AvgIpc) is 3.28. The lowest BCUT2D eigenvalue weighted by Crippen LogP contribution is -2.65. The first-order valence-corrected chi connectivity index (χ1v) is 24.0. The Morgan fingerprint density at radius 3 is 1.68 bits per heavy atom. The van der Waals surface area contributed by atoms with E-state index in [4.69, 9.17) is 18.9 Å². The smallest absolute Gasteiger partial charge is 0.220 e. The topological polar surface area (TPSA) is 228 Å². The van der Waals surface area contributed by atoms with Crippen molar-refractivity contribution in [3.63, 3.8) is 0 Å². The van der Waals surface area contributed by atoms with Gasteiger partial charge in [-0.05, 0) is 57.8 Å². The molecule has 12 atom stereocenters. The lowest BCUT2D eigenvalue weighted by molar-refractivity contribution is -0.359. The molecule has 12 unspecified atom stereocenters. The van der Waals surface area contributed by atoms with Crippen LogP contribution in [0.25, 0.3) is 0 Å². The van der Waals surface area contributed by atoms with Crippen LogP contribution in [0.1, 0.15) is 149 Å². The fourth-order valence-corrected chi connectivity index (χ4v) is 7.51. The van der Waals surface area contributed by atoms with E-state index in [2.05, 4.69) is 67.8 Å². The van der Waals surface area contributed by atoms with Crippen molar-refractivity contribution in [1.82, 2.24) is 5.32 Å². The van der Waals surface area contributed by atoms with Gasteiger partial charge in [-0.3, -0.25) is 4.79 Å². The van der Waals surface area contributed by atoms with Crippen LogP contribution in [-0.2, 0) is 23.7 Å². The molecule has 2 aliphatic rings.